The van der Waals surface area contributed by atoms with Crippen LogP contribution in [0.3, 0.4) is 0 Å². The predicted molar refractivity (Wildman–Crippen MR) is 47.0 cm³/mol. The van der Waals surface area contributed by atoms with Crippen LogP contribution in [0.5, 0.6) is 0 Å². The van der Waals surface area contributed by atoms with E-state index in [2.05, 4.69) is 27.3 Å². The third-order valence-corrected chi connectivity index (χ3v) is 1.74. The fourth-order valence-electron chi connectivity index (χ4n) is 0.943. The van der Waals surface area contributed by atoms with E-state index in [1.165, 1.54) is 6.39 Å². The molecule has 0 saturated carbocycles. The van der Waals surface area contributed by atoms with Gasteiger partial charge in [-0.15, -0.1) is 12.6 Å². The minimum atomic E-state index is 0.589. The van der Waals surface area contributed by atoms with Crippen LogP contribution in [0.1, 0.15) is 0 Å². The van der Waals surface area contributed by atoms with Gasteiger partial charge in [0.15, 0.2) is 0 Å². The van der Waals surface area contributed by atoms with Gasteiger partial charge in [-0.3, -0.25) is 0 Å². The molecule has 0 unspecified atom stereocenters. The van der Waals surface area contributed by atoms with Gasteiger partial charge in [0.25, 0.3) is 0 Å². The van der Waals surface area contributed by atoms with Gasteiger partial charge in [0.2, 0.25) is 12.2 Å². The van der Waals surface area contributed by atoms with Crippen molar-refractivity contribution < 1.29 is 4.52 Å². The number of nitrogens with zero attached hydrogens (tertiary/aromatic N) is 2. The van der Waals surface area contributed by atoms with Gasteiger partial charge in [0.1, 0.15) is 0 Å². The van der Waals surface area contributed by atoms with Crippen LogP contribution in [0, 0.1) is 0 Å². The van der Waals surface area contributed by atoms with Crippen molar-refractivity contribution in [1.29, 1.82) is 0 Å². The highest BCUT2D eigenvalue weighted by atomic mass is 32.1. The largest absolute Gasteiger partial charge is 0.342 e. The molecule has 0 radical (unpaired) electrons. The molecule has 0 atom stereocenters. The van der Waals surface area contributed by atoms with Gasteiger partial charge in [0, 0.05) is 10.5 Å². The van der Waals surface area contributed by atoms with Crippen molar-refractivity contribution in [2.24, 2.45) is 0 Å². The lowest BCUT2D eigenvalue weighted by molar-refractivity contribution is 0.418. The Kier molecular flexibility index (Phi) is 1.83. The molecule has 0 aliphatic rings. The maximum atomic E-state index is 4.62. The van der Waals surface area contributed by atoms with Crippen molar-refractivity contribution in [2.45, 2.75) is 4.90 Å². The first-order valence-corrected chi connectivity index (χ1v) is 3.87. The first kappa shape index (κ1) is 7.36. The first-order valence-electron chi connectivity index (χ1n) is 3.42. The summed E-state index contributed by atoms with van der Waals surface area (Å²) in [4.78, 5) is 4.80. The van der Waals surface area contributed by atoms with E-state index in [1.807, 2.05) is 24.3 Å². The number of aromatic nitrogens is 2. The Bertz CT molecular complexity index is 372. The Labute approximate surface area is 74.8 Å². The van der Waals surface area contributed by atoms with Crippen molar-refractivity contribution in [3.05, 3.63) is 30.7 Å². The number of hydrogen-bond donors (Lipinski definition) is 1. The van der Waals surface area contributed by atoms with E-state index in [9.17, 15) is 0 Å². The van der Waals surface area contributed by atoms with E-state index in [-0.39, 0.29) is 0 Å². The Balaban J connectivity index is 2.48. The SMILES string of the molecule is Sc1cccc(-c2ncon2)c1. The minimum absolute atomic E-state index is 0.589. The summed E-state index contributed by atoms with van der Waals surface area (Å²) in [7, 11) is 0. The molecule has 3 nitrogen and oxygen atoms in total. The van der Waals surface area contributed by atoms with Gasteiger partial charge in [-0.05, 0) is 12.1 Å². The van der Waals surface area contributed by atoms with E-state index in [0.717, 1.165) is 10.5 Å². The second-order valence-electron chi connectivity index (χ2n) is 2.31. The van der Waals surface area contributed by atoms with E-state index in [0.29, 0.717) is 5.82 Å². The van der Waals surface area contributed by atoms with Crippen LogP contribution in [0.25, 0.3) is 11.4 Å². The molecule has 0 spiro atoms. The molecular formula is C8H6N2OS. The number of thiol groups is 1. The maximum absolute atomic E-state index is 4.62. The Hall–Kier alpha value is -1.29. The van der Waals surface area contributed by atoms with Gasteiger partial charge in [-0.2, -0.15) is 4.98 Å². The average molecular weight is 178 g/mol. The quantitative estimate of drug-likeness (QED) is 0.679. The van der Waals surface area contributed by atoms with Crippen LogP contribution in [-0.4, -0.2) is 10.1 Å². The lowest BCUT2D eigenvalue weighted by Crippen LogP contribution is -1.78. The first-order chi connectivity index (χ1) is 5.86. The number of benzene rings is 1. The zero-order valence-corrected chi connectivity index (χ0v) is 7.03. The second kappa shape index (κ2) is 2.98. The van der Waals surface area contributed by atoms with Gasteiger partial charge >= 0.3 is 0 Å². The predicted octanol–water partition coefficient (Wildman–Crippen LogP) is 2.03. The van der Waals surface area contributed by atoms with Crippen LogP contribution >= 0.6 is 12.6 Å². The highest BCUT2D eigenvalue weighted by Crippen LogP contribution is 2.17. The fourth-order valence-corrected chi connectivity index (χ4v) is 1.17. The third-order valence-electron chi connectivity index (χ3n) is 1.47. The standard InChI is InChI=1S/C8H6N2OS/c12-7-3-1-2-6(4-7)8-9-5-11-10-8/h1-5,12H. The molecule has 1 aromatic carbocycles. The summed E-state index contributed by atoms with van der Waals surface area (Å²) in [5, 5.41) is 3.71. The Morgan fingerprint density at radius 1 is 1.33 bits per heavy atom. The van der Waals surface area contributed by atoms with Gasteiger partial charge in [-0.1, -0.05) is 17.3 Å². The molecule has 0 N–H and O–H groups in total. The fraction of sp³-hybridized carbons (Fsp3) is 0. The van der Waals surface area contributed by atoms with E-state index in [1.54, 1.807) is 0 Å². The minimum Gasteiger partial charge on any atom is -0.342 e. The van der Waals surface area contributed by atoms with Crippen LogP contribution in [0.15, 0.2) is 40.1 Å². The lowest BCUT2D eigenvalue weighted by atomic mass is 10.2. The maximum Gasteiger partial charge on any atom is 0.214 e. The lowest BCUT2D eigenvalue weighted by Gasteiger charge is -1.93. The molecule has 2 rings (SSSR count). The van der Waals surface area contributed by atoms with E-state index in [4.69, 9.17) is 0 Å². The van der Waals surface area contributed by atoms with Gasteiger partial charge in [0.05, 0.1) is 0 Å². The van der Waals surface area contributed by atoms with E-state index < -0.39 is 0 Å². The smallest absolute Gasteiger partial charge is 0.214 e. The van der Waals surface area contributed by atoms with Gasteiger partial charge < -0.3 is 4.52 Å². The highest BCUT2D eigenvalue weighted by Gasteiger charge is 2.01. The molecule has 0 aliphatic carbocycles. The van der Waals surface area contributed by atoms with Crippen molar-refractivity contribution >= 4 is 12.6 Å². The van der Waals surface area contributed by atoms with Crippen LogP contribution in [0.2, 0.25) is 0 Å². The molecule has 0 fully saturated rings. The zero-order valence-electron chi connectivity index (χ0n) is 6.14. The molecule has 1 heterocycles. The summed E-state index contributed by atoms with van der Waals surface area (Å²) in [5.74, 6) is 0.589. The molecule has 60 valence electrons. The van der Waals surface area contributed by atoms with E-state index >= 15 is 0 Å². The highest BCUT2D eigenvalue weighted by molar-refractivity contribution is 7.80. The van der Waals surface area contributed by atoms with Crippen molar-refractivity contribution in [3.63, 3.8) is 0 Å². The molecule has 0 bridgehead atoms. The summed E-state index contributed by atoms with van der Waals surface area (Å²) < 4.78 is 4.62. The summed E-state index contributed by atoms with van der Waals surface area (Å²) in [6.45, 7) is 0. The summed E-state index contributed by atoms with van der Waals surface area (Å²) >= 11 is 4.20. The summed E-state index contributed by atoms with van der Waals surface area (Å²) in [6, 6.07) is 7.58. The normalized spacial score (nSPS) is 10.1. The molecular weight excluding hydrogens is 172 g/mol. The second-order valence-corrected chi connectivity index (χ2v) is 2.82. The molecule has 1 aromatic heterocycles. The van der Waals surface area contributed by atoms with Crippen molar-refractivity contribution in [1.82, 2.24) is 10.1 Å². The van der Waals surface area contributed by atoms with Crippen LogP contribution < -0.4 is 0 Å². The zero-order chi connectivity index (χ0) is 8.39. The Morgan fingerprint density at radius 3 is 2.92 bits per heavy atom. The topological polar surface area (TPSA) is 38.9 Å². The monoisotopic (exact) mass is 178 g/mol. The molecule has 4 heteroatoms. The van der Waals surface area contributed by atoms with Crippen LogP contribution in [0.4, 0.5) is 0 Å². The summed E-state index contributed by atoms with van der Waals surface area (Å²) in [6.07, 6.45) is 1.31. The summed E-state index contributed by atoms with van der Waals surface area (Å²) in [5.41, 5.74) is 0.913. The van der Waals surface area contributed by atoms with Crippen molar-refractivity contribution in [3.8, 4) is 11.4 Å². The van der Waals surface area contributed by atoms with Crippen molar-refractivity contribution in [2.75, 3.05) is 0 Å². The molecule has 0 saturated heterocycles. The number of hydrogen-bond acceptors (Lipinski definition) is 4. The average Bonchev–Trinajstić information content (AvgIpc) is 2.56. The molecule has 12 heavy (non-hydrogen) atoms. The van der Waals surface area contributed by atoms with Crippen LogP contribution in [-0.2, 0) is 0 Å². The molecule has 0 amide bonds. The van der Waals surface area contributed by atoms with Gasteiger partial charge in [-0.25, -0.2) is 0 Å². The molecule has 0 aliphatic heterocycles. The third kappa shape index (κ3) is 1.33. The Morgan fingerprint density at radius 2 is 2.25 bits per heavy atom. The number of rotatable bonds is 1. The molecule has 2 aromatic rings.